The number of rotatable bonds is 17. The molecule has 8 fully saturated rings. The molecule has 6 aliphatic carbocycles. The van der Waals surface area contributed by atoms with Crippen LogP contribution in [-0.4, -0.2) is 106 Å². The molecular formula is C86H97F15NO6S4+3. The molecule has 0 aromatic heterocycles. The van der Waals surface area contributed by atoms with Crippen LogP contribution in [0.2, 0.25) is 0 Å². The zero-order valence-corrected chi connectivity index (χ0v) is 66.4. The van der Waals surface area contributed by atoms with Gasteiger partial charge < -0.3 is 4.74 Å². The first-order valence-corrected chi connectivity index (χ1v) is 43.3. The summed E-state index contributed by atoms with van der Waals surface area (Å²) in [5.74, 6) is -23.0. The van der Waals surface area contributed by atoms with Crippen LogP contribution in [-0.2, 0) is 57.0 Å². The van der Waals surface area contributed by atoms with Crippen molar-refractivity contribution in [3.63, 3.8) is 0 Å². The van der Waals surface area contributed by atoms with Gasteiger partial charge in [0.1, 0.15) is 22.9 Å². The zero-order chi connectivity index (χ0) is 81.7. The van der Waals surface area contributed by atoms with Crippen LogP contribution in [0.1, 0.15) is 166 Å². The highest BCUT2D eigenvalue weighted by molar-refractivity contribution is 7.99. The van der Waals surface area contributed by atoms with E-state index in [0.29, 0.717) is 44.3 Å². The number of ketones is 2. The Morgan fingerprint density at radius 3 is 1.16 bits per heavy atom. The Labute approximate surface area is 656 Å². The fourth-order valence-electron chi connectivity index (χ4n) is 15.8. The Bertz CT molecular complexity index is 3900. The van der Waals surface area contributed by atoms with E-state index in [-0.39, 0.29) is 90.7 Å². The first-order valence-electron chi connectivity index (χ1n) is 37.8. The number of esters is 1. The molecular weight excluding hydrogens is 1560 g/mol. The van der Waals surface area contributed by atoms with Gasteiger partial charge >= 0.3 is 47.0 Å². The summed E-state index contributed by atoms with van der Waals surface area (Å²) in [6.07, 6.45) is 9.93. The van der Waals surface area contributed by atoms with Crippen molar-refractivity contribution in [3.8, 4) is 0 Å². The average molecular weight is 1650 g/mol. The lowest BCUT2D eigenvalue weighted by Crippen LogP contribution is -2.61. The smallest absolute Gasteiger partial charge is 0.455 e. The number of carbonyl (C=O) groups is 3. The van der Waals surface area contributed by atoms with Gasteiger partial charge in [0.05, 0.1) is 21.8 Å². The topological polar surface area (TPSA) is 97.8 Å². The fraction of sp³-hybridized carbons (Fsp3) is 0.477. The highest BCUT2D eigenvalue weighted by atomic mass is 32.2. The van der Waals surface area contributed by atoms with Crippen molar-refractivity contribution < 1.29 is 93.4 Å². The number of hydrogen-bond acceptors (Lipinski definition) is 6. The van der Waals surface area contributed by atoms with Gasteiger partial charge in [0, 0.05) is 62.2 Å². The third-order valence-electron chi connectivity index (χ3n) is 21.8. The molecule has 4 atom stereocenters. The quantitative estimate of drug-likeness (QED) is 0.0390. The van der Waals surface area contributed by atoms with Crippen molar-refractivity contribution in [3.05, 3.63) is 217 Å². The molecule has 112 heavy (non-hydrogen) atoms. The molecule has 8 aliphatic rings. The highest BCUT2D eigenvalue weighted by Gasteiger charge is 2.77. The normalized spacial score (nSPS) is 21.9. The number of piperidine rings is 1. The SMILES string of the molecule is CC(C)(C(=O)c1ccc(C2CCCCC2)cc1)[S+]1CCCC1.CC(F)(F)C(=O)OC12CC3CC(C1)C(=O)C(C3)C2.CC(F)(F)C(F)(F)C(F)(F)F.CC(F)(F)C(F)(F)C(F)(F)S(=O)(=O)N1CCC2CCCCC2C1.c1ccc([S+](c2ccccc2)c2ccccc2)cc1.c1ccc([S+](c2ccccc2)c2ccccc2)cc1. The van der Waals surface area contributed by atoms with Gasteiger partial charge in [-0.05, 0) is 187 Å². The Hall–Kier alpha value is -6.74. The monoisotopic (exact) mass is 1650 g/mol. The minimum absolute atomic E-state index is 0.0146. The van der Waals surface area contributed by atoms with E-state index in [1.54, 1.807) is 0 Å². The summed E-state index contributed by atoms with van der Waals surface area (Å²) in [5, 5.41) is -5.86. The first kappa shape index (κ1) is 89.2. The number of halogens is 15. The largest absolute Gasteiger partial charge is 0.459 e. The third kappa shape index (κ3) is 21.7. The maximum absolute atomic E-state index is 13.8. The van der Waals surface area contributed by atoms with Crippen LogP contribution >= 0.6 is 0 Å². The van der Waals surface area contributed by atoms with E-state index >= 15 is 0 Å². The van der Waals surface area contributed by atoms with Crippen LogP contribution in [0.4, 0.5) is 65.9 Å². The van der Waals surface area contributed by atoms with E-state index in [1.807, 2.05) is 0 Å². The van der Waals surface area contributed by atoms with E-state index in [2.05, 4.69) is 220 Å². The Balaban J connectivity index is 0.000000156. The van der Waals surface area contributed by atoms with Gasteiger partial charge in [0.25, 0.3) is 10.0 Å². The molecule has 7 aromatic rings. The van der Waals surface area contributed by atoms with Crippen LogP contribution in [0.15, 0.2) is 236 Å². The van der Waals surface area contributed by atoms with Crippen LogP contribution in [0, 0.1) is 29.6 Å². The van der Waals surface area contributed by atoms with E-state index in [4.69, 9.17) is 4.74 Å². The van der Waals surface area contributed by atoms with Crippen molar-refractivity contribution in [2.24, 2.45) is 29.6 Å². The van der Waals surface area contributed by atoms with Crippen molar-refractivity contribution in [2.75, 3.05) is 24.6 Å². The Kier molecular flexibility index (Phi) is 29.8. The van der Waals surface area contributed by atoms with Gasteiger partial charge in [0.2, 0.25) is 5.78 Å². The Morgan fingerprint density at radius 1 is 0.446 bits per heavy atom. The molecule has 0 N–H and O–H groups in total. The van der Waals surface area contributed by atoms with Crippen LogP contribution in [0.3, 0.4) is 0 Å². The van der Waals surface area contributed by atoms with E-state index < -0.39 is 76.5 Å². The van der Waals surface area contributed by atoms with Gasteiger partial charge in [-0.3, -0.25) is 9.59 Å². The lowest BCUT2D eigenvalue weighted by atomic mass is 9.53. The molecule has 2 saturated heterocycles. The maximum Gasteiger partial charge on any atom is 0.459 e. The highest BCUT2D eigenvalue weighted by Crippen LogP contribution is 2.57. The van der Waals surface area contributed by atoms with Gasteiger partial charge in [-0.15, -0.1) is 0 Å². The summed E-state index contributed by atoms with van der Waals surface area (Å²) in [6, 6.07) is 72.9. The summed E-state index contributed by atoms with van der Waals surface area (Å²) < 4.78 is 215. The second-order valence-corrected chi connectivity index (χ2v) is 39.4. The number of alkyl halides is 15. The van der Waals surface area contributed by atoms with E-state index in [0.717, 1.165) is 43.6 Å². The van der Waals surface area contributed by atoms with Crippen LogP contribution in [0.25, 0.3) is 0 Å². The number of fused-ring (bicyclic) bond motifs is 1. The number of benzene rings is 7. The predicted octanol–water partition coefficient (Wildman–Crippen LogP) is 23.6. The predicted molar refractivity (Wildman–Crippen MR) is 411 cm³/mol. The fourth-order valence-corrected chi connectivity index (χ4v) is 24.3. The van der Waals surface area contributed by atoms with Crippen molar-refractivity contribution in [1.29, 1.82) is 0 Å². The number of nitrogens with zero attached hydrogens (tertiary/aromatic N) is 1. The van der Waals surface area contributed by atoms with E-state index in [1.165, 1.54) is 91.4 Å². The number of ether oxygens (including phenoxy) is 1. The molecule has 4 bridgehead atoms. The third-order valence-corrected chi connectivity index (χ3v) is 31.3. The molecule has 608 valence electrons. The molecule has 6 saturated carbocycles. The number of carbonyl (C=O) groups excluding carboxylic acids is 3. The minimum atomic E-state index is -6.20. The number of Topliss-reactive ketones (excluding diaryl/α,β-unsaturated/α-hetero) is 2. The number of sulfonamides is 1. The molecule has 2 aliphatic heterocycles. The second kappa shape index (κ2) is 37.5. The average Bonchev–Trinajstić information content (AvgIpc) is 0.831. The van der Waals surface area contributed by atoms with Crippen LogP contribution in [0.5, 0.6) is 0 Å². The molecule has 15 rings (SSSR count). The molecule has 26 heteroatoms. The summed E-state index contributed by atoms with van der Waals surface area (Å²) in [7, 11) is -5.64. The molecule has 4 unspecified atom stereocenters. The molecule has 2 heterocycles. The molecule has 0 amide bonds. The summed E-state index contributed by atoms with van der Waals surface area (Å²) in [6.45, 7) is 3.33. The van der Waals surface area contributed by atoms with Crippen molar-refractivity contribution >= 4 is 60.2 Å². The van der Waals surface area contributed by atoms with Gasteiger partial charge in [-0.25, -0.2) is 13.2 Å². The zero-order valence-electron chi connectivity index (χ0n) is 63.1. The second-order valence-electron chi connectivity index (χ2n) is 30.5. The minimum Gasteiger partial charge on any atom is -0.455 e. The molecule has 7 nitrogen and oxygen atoms in total. The van der Waals surface area contributed by atoms with Crippen molar-refractivity contribution in [1.82, 2.24) is 4.31 Å². The molecule has 0 spiro atoms. The van der Waals surface area contributed by atoms with Gasteiger partial charge in [0.15, 0.2) is 34.1 Å². The molecule has 0 radical (unpaired) electrons. The van der Waals surface area contributed by atoms with E-state index in [9.17, 15) is 88.7 Å². The Morgan fingerprint density at radius 2 is 0.812 bits per heavy atom. The summed E-state index contributed by atoms with van der Waals surface area (Å²) in [5.41, 5.74) is 1.57. The molecule has 7 aromatic carbocycles. The summed E-state index contributed by atoms with van der Waals surface area (Å²) >= 11 is 0. The first-order chi connectivity index (χ1) is 52.6. The van der Waals surface area contributed by atoms with Gasteiger partial charge in [-0.2, -0.15) is 70.2 Å². The standard InChI is InChI=1S/C20H29OS.2C18H15S.C13H19F6NO2S.C13H16F2O3.C4H3F7/c1-20(2,22-14-6-7-15-22)19(21)18-12-10-17(11-13-18)16-8-4-3-5-9-16;2*1-4-10-16(11-5-1)19(17-12-6-2-7-13-17)18-14-8-3-9-15-18;1-11(14,15)12(16,17)13(18,19)23(21,22)20-7-6-9-4-2-3-5-10(9)8-20;1-12(14,15)11(17)18-13-4-7-2-8(5-13)10(16)9(3-7)6-13;1-2(5,6)3(7,8)4(9,10)11/h10-13,16H,3-9,14-15H2,1-2H3;2*1-15H;9-10H,2-8H2,1H3;7-9H,2-6H2,1H3;1H3/q3*+1;;;. The van der Waals surface area contributed by atoms with Crippen LogP contribution < -0.4 is 0 Å². The summed E-state index contributed by atoms with van der Waals surface area (Å²) in [4.78, 5) is 44.4. The number of hydrogen-bond donors (Lipinski definition) is 0. The lowest BCUT2D eigenvalue weighted by molar-refractivity contribution is -0.349. The maximum atomic E-state index is 13.8. The van der Waals surface area contributed by atoms with Gasteiger partial charge in [-0.1, -0.05) is 172 Å². The van der Waals surface area contributed by atoms with Crippen molar-refractivity contribution in [2.45, 2.75) is 230 Å². The lowest BCUT2D eigenvalue weighted by Gasteiger charge is -2.54.